The fraction of sp³-hybridized carbons (Fsp3) is 0.409. The van der Waals surface area contributed by atoms with Gasteiger partial charge < -0.3 is 5.32 Å². The van der Waals surface area contributed by atoms with E-state index < -0.39 is 4.92 Å². The first-order chi connectivity index (χ1) is 13.6. The fourth-order valence-corrected chi connectivity index (χ4v) is 4.65. The van der Waals surface area contributed by atoms with Crippen LogP contribution in [0.15, 0.2) is 54.6 Å². The van der Waals surface area contributed by atoms with E-state index in [0.29, 0.717) is 17.6 Å². The largest absolute Gasteiger partial charge is 0.349 e. The van der Waals surface area contributed by atoms with Crippen LogP contribution in [0.5, 0.6) is 0 Å². The number of benzene rings is 2. The number of non-ortho nitro benzene ring substituents is 1. The number of carbonyl (C=O) groups excluding carboxylic acids is 1. The van der Waals surface area contributed by atoms with Gasteiger partial charge in [-0.2, -0.15) is 0 Å². The molecule has 2 fully saturated rings. The van der Waals surface area contributed by atoms with Gasteiger partial charge in [-0.15, -0.1) is 0 Å². The van der Waals surface area contributed by atoms with Gasteiger partial charge in [-0.3, -0.25) is 19.8 Å². The Morgan fingerprint density at radius 1 is 1.04 bits per heavy atom. The molecule has 2 aliphatic rings. The van der Waals surface area contributed by atoms with Crippen molar-refractivity contribution in [3.8, 4) is 0 Å². The van der Waals surface area contributed by atoms with Gasteiger partial charge in [-0.25, -0.2) is 0 Å². The molecule has 6 heteroatoms. The third kappa shape index (κ3) is 4.07. The Kier molecular flexibility index (Phi) is 5.39. The summed E-state index contributed by atoms with van der Waals surface area (Å²) < 4.78 is 0. The lowest BCUT2D eigenvalue weighted by Gasteiger charge is -2.49. The topological polar surface area (TPSA) is 75.5 Å². The van der Waals surface area contributed by atoms with Crippen molar-refractivity contribution in [2.45, 2.75) is 56.8 Å². The monoisotopic (exact) mass is 379 g/mol. The molecule has 28 heavy (non-hydrogen) atoms. The maximum absolute atomic E-state index is 12.6. The molecule has 2 saturated heterocycles. The number of hydrogen-bond donors (Lipinski definition) is 1. The summed E-state index contributed by atoms with van der Waals surface area (Å²) in [7, 11) is 0. The summed E-state index contributed by atoms with van der Waals surface area (Å²) in [5.41, 5.74) is 1.82. The fourth-order valence-electron chi connectivity index (χ4n) is 4.65. The Balaban J connectivity index is 1.39. The molecule has 0 saturated carbocycles. The minimum Gasteiger partial charge on any atom is -0.349 e. The molecular formula is C22H25N3O3. The highest BCUT2D eigenvalue weighted by Gasteiger charge is 2.38. The Morgan fingerprint density at radius 3 is 2.29 bits per heavy atom. The second kappa shape index (κ2) is 8.10. The SMILES string of the molecule is O=C(NC1C[C@@H]2CCC[C@@H](C1)N2Cc1ccccc1)c1ccc([N+](=O)[O-])cc1. The normalized spacial score (nSPS) is 24.5. The lowest BCUT2D eigenvalue weighted by Crippen LogP contribution is -2.56. The van der Waals surface area contributed by atoms with Crippen LogP contribution in [-0.4, -0.2) is 33.9 Å². The number of carbonyl (C=O) groups is 1. The van der Waals surface area contributed by atoms with Gasteiger partial charge in [0.15, 0.2) is 0 Å². The van der Waals surface area contributed by atoms with Gasteiger partial charge in [-0.1, -0.05) is 36.8 Å². The smallest absolute Gasteiger partial charge is 0.269 e. The third-order valence-corrected chi connectivity index (χ3v) is 6.01. The van der Waals surface area contributed by atoms with Gasteiger partial charge in [0.1, 0.15) is 0 Å². The van der Waals surface area contributed by atoms with Gasteiger partial charge in [-0.05, 0) is 43.4 Å². The summed E-state index contributed by atoms with van der Waals surface area (Å²) in [5.74, 6) is -0.144. The molecule has 2 aromatic carbocycles. The van der Waals surface area contributed by atoms with Crippen molar-refractivity contribution in [2.24, 2.45) is 0 Å². The number of nitrogens with one attached hydrogen (secondary N) is 1. The highest BCUT2D eigenvalue weighted by atomic mass is 16.6. The predicted octanol–water partition coefficient (Wildman–Crippen LogP) is 3.91. The Morgan fingerprint density at radius 2 is 1.68 bits per heavy atom. The molecule has 4 rings (SSSR count). The third-order valence-electron chi connectivity index (χ3n) is 6.01. The molecule has 0 unspecified atom stereocenters. The summed E-state index contributed by atoms with van der Waals surface area (Å²) in [6, 6.07) is 17.5. The Hall–Kier alpha value is -2.73. The second-order valence-corrected chi connectivity index (χ2v) is 7.84. The van der Waals surface area contributed by atoms with Crippen LogP contribution in [0, 0.1) is 10.1 Å². The number of hydrogen-bond acceptors (Lipinski definition) is 4. The summed E-state index contributed by atoms with van der Waals surface area (Å²) in [6.45, 7) is 0.971. The standard InChI is InChI=1S/C22H25N3O3/c26-22(17-9-11-19(12-10-17)25(27)28)23-18-13-20-7-4-8-21(14-18)24(20)15-16-5-2-1-3-6-16/h1-3,5-6,9-12,18,20-21H,4,7-8,13-15H2,(H,23,26)/t20-,21-/m0/s1. The van der Waals surface area contributed by atoms with E-state index in [0.717, 1.165) is 19.4 Å². The van der Waals surface area contributed by atoms with Crippen LogP contribution < -0.4 is 5.32 Å². The van der Waals surface area contributed by atoms with Crippen LogP contribution in [-0.2, 0) is 6.54 Å². The number of fused-ring (bicyclic) bond motifs is 2. The molecule has 1 amide bonds. The number of rotatable bonds is 5. The first-order valence-corrected chi connectivity index (χ1v) is 9.95. The minimum absolute atomic E-state index is 0.000280. The van der Waals surface area contributed by atoms with Crippen molar-refractivity contribution >= 4 is 11.6 Å². The molecule has 1 N–H and O–H groups in total. The summed E-state index contributed by atoms with van der Waals surface area (Å²) in [4.78, 5) is 25.5. The zero-order valence-corrected chi connectivity index (χ0v) is 15.8. The van der Waals surface area contributed by atoms with Crippen LogP contribution in [0.1, 0.15) is 48.0 Å². The second-order valence-electron chi connectivity index (χ2n) is 7.84. The maximum Gasteiger partial charge on any atom is 0.269 e. The van der Waals surface area contributed by atoms with Gasteiger partial charge >= 0.3 is 0 Å². The zero-order chi connectivity index (χ0) is 19.5. The number of nitro benzene ring substituents is 1. The van der Waals surface area contributed by atoms with Gasteiger partial charge in [0.25, 0.3) is 11.6 Å². The van der Waals surface area contributed by atoms with Crippen LogP contribution in [0.3, 0.4) is 0 Å². The molecule has 2 bridgehead atoms. The molecule has 2 aliphatic heterocycles. The lowest BCUT2D eigenvalue weighted by atomic mass is 9.81. The van der Waals surface area contributed by atoms with Crippen LogP contribution in [0.4, 0.5) is 5.69 Å². The molecule has 2 heterocycles. The molecule has 0 aliphatic carbocycles. The van der Waals surface area contributed by atoms with Crippen molar-refractivity contribution in [2.75, 3.05) is 0 Å². The van der Waals surface area contributed by atoms with E-state index in [1.807, 2.05) is 6.07 Å². The molecule has 146 valence electrons. The number of nitrogens with zero attached hydrogens (tertiary/aromatic N) is 2. The molecule has 6 nitrogen and oxygen atoms in total. The summed E-state index contributed by atoms with van der Waals surface area (Å²) in [5, 5.41) is 13.9. The van der Waals surface area contributed by atoms with Gasteiger partial charge in [0.05, 0.1) is 4.92 Å². The zero-order valence-electron chi connectivity index (χ0n) is 15.8. The van der Waals surface area contributed by atoms with Gasteiger partial charge in [0.2, 0.25) is 0 Å². The van der Waals surface area contributed by atoms with E-state index in [4.69, 9.17) is 0 Å². The van der Waals surface area contributed by atoms with Crippen molar-refractivity contribution in [3.63, 3.8) is 0 Å². The Labute approximate surface area is 164 Å². The van der Waals surface area contributed by atoms with E-state index in [1.54, 1.807) is 0 Å². The highest BCUT2D eigenvalue weighted by molar-refractivity contribution is 5.94. The van der Waals surface area contributed by atoms with E-state index >= 15 is 0 Å². The van der Waals surface area contributed by atoms with E-state index in [9.17, 15) is 14.9 Å². The van der Waals surface area contributed by atoms with Crippen LogP contribution >= 0.6 is 0 Å². The summed E-state index contributed by atoms with van der Waals surface area (Å²) >= 11 is 0. The Bertz CT molecular complexity index is 824. The molecule has 0 aromatic heterocycles. The first kappa shape index (κ1) is 18.6. The number of nitro groups is 1. The molecule has 0 spiro atoms. The molecular weight excluding hydrogens is 354 g/mol. The van der Waals surface area contributed by atoms with E-state index in [2.05, 4.69) is 34.5 Å². The lowest BCUT2D eigenvalue weighted by molar-refractivity contribution is -0.384. The highest BCUT2D eigenvalue weighted by Crippen LogP contribution is 2.35. The van der Waals surface area contributed by atoms with Crippen molar-refractivity contribution in [1.82, 2.24) is 10.2 Å². The molecule has 0 radical (unpaired) electrons. The average Bonchev–Trinajstić information content (AvgIpc) is 2.69. The molecule has 2 aromatic rings. The van der Waals surface area contributed by atoms with Crippen molar-refractivity contribution in [1.29, 1.82) is 0 Å². The minimum atomic E-state index is -0.453. The van der Waals surface area contributed by atoms with Gasteiger partial charge in [0, 0.05) is 42.4 Å². The van der Waals surface area contributed by atoms with Crippen molar-refractivity contribution < 1.29 is 9.72 Å². The number of piperidine rings is 2. The predicted molar refractivity (Wildman–Crippen MR) is 107 cm³/mol. The van der Waals surface area contributed by atoms with Crippen LogP contribution in [0.2, 0.25) is 0 Å². The number of amides is 1. The quantitative estimate of drug-likeness (QED) is 0.631. The van der Waals surface area contributed by atoms with Crippen LogP contribution in [0.25, 0.3) is 0 Å². The first-order valence-electron chi connectivity index (χ1n) is 9.95. The maximum atomic E-state index is 12.6. The molecule has 2 atom stereocenters. The van der Waals surface area contributed by atoms with Crippen molar-refractivity contribution in [3.05, 3.63) is 75.8 Å². The average molecular weight is 379 g/mol. The van der Waals surface area contributed by atoms with E-state index in [-0.39, 0.29) is 17.6 Å². The summed E-state index contributed by atoms with van der Waals surface area (Å²) in [6.07, 6.45) is 5.52. The van der Waals surface area contributed by atoms with E-state index in [1.165, 1.54) is 49.1 Å².